The lowest BCUT2D eigenvalue weighted by molar-refractivity contribution is 0.0501. The molecule has 226 valence electrons. The van der Waals surface area contributed by atoms with Crippen LogP contribution in [0.4, 0.5) is 21.7 Å². The van der Waals surface area contributed by atoms with Gasteiger partial charge in [0.05, 0.1) is 33.7 Å². The summed E-state index contributed by atoms with van der Waals surface area (Å²) in [5.74, 6) is -0.317. The molecule has 2 fully saturated rings. The number of anilines is 3. The molecule has 2 aromatic heterocycles. The number of carboxylic acid groups (broad SMARTS) is 1. The molecular formula is C32H36ClFN6O3. The second-order valence-electron chi connectivity index (χ2n) is 13.7. The number of fused-ring (bicyclic) bond motifs is 2. The van der Waals surface area contributed by atoms with E-state index in [4.69, 9.17) is 21.6 Å². The normalized spacial score (nSPS) is 19.8. The summed E-state index contributed by atoms with van der Waals surface area (Å²) in [6.07, 6.45) is 3.32. The molecule has 0 radical (unpaired) electrons. The number of amides is 1. The summed E-state index contributed by atoms with van der Waals surface area (Å²) in [7, 11) is 0. The van der Waals surface area contributed by atoms with Crippen LogP contribution < -0.4 is 9.80 Å². The van der Waals surface area contributed by atoms with Crippen molar-refractivity contribution in [3.8, 4) is 0 Å². The van der Waals surface area contributed by atoms with Crippen molar-refractivity contribution < 1.29 is 19.1 Å². The number of aryl methyl sites for hydroxylation is 2. The number of hydrogen-bond acceptors (Lipinski definition) is 7. The van der Waals surface area contributed by atoms with E-state index in [0.717, 1.165) is 18.5 Å². The van der Waals surface area contributed by atoms with Crippen LogP contribution in [0.25, 0.3) is 0 Å². The van der Waals surface area contributed by atoms with Crippen LogP contribution in [-0.4, -0.2) is 68.6 Å². The largest absolute Gasteiger partial charge is 0.478 e. The summed E-state index contributed by atoms with van der Waals surface area (Å²) >= 11 is 5.96. The zero-order chi connectivity index (χ0) is 31.1. The molecule has 9 nitrogen and oxygen atoms in total. The number of carboxylic acids is 1. The third-order valence-electron chi connectivity index (χ3n) is 9.11. The summed E-state index contributed by atoms with van der Waals surface area (Å²) in [6.45, 7) is 14.1. The van der Waals surface area contributed by atoms with E-state index in [1.165, 1.54) is 12.3 Å². The van der Waals surface area contributed by atoms with E-state index in [0.29, 0.717) is 60.5 Å². The summed E-state index contributed by atoms with van der Waals surface area (Å²) in [5, 5.41) is 9.60. The fourth-order valence-electron chi connectivity index (χ4n) is 7.58. The van der Waals surface area contributed by atoms with Crippen LogP contribution in [0.1, 0.15) is 78.3 Å². The Morgan fingerprint density at radius 2 is 1.74 bits per heavy atom. The summed E-state index contributed by atoms with van der Waals surface area (Å²) < 4.78 is 14.4. The first-order valence-electron chi connectivity index (χ1n) is 14.5. The molecule has 0 unspecified atom stereocenters. The number of rotatable bonds is 4. The Hall–Kier alpha value is -3.79. The Kier molecular flexibility index (Phi) is 6.72. The van der Waals surface area contributed by atoms with E-state index >= 15 is 0 Å². The van der Waals surface area contributed by atoms with Gasteiger partial charge >= 0.3 is 5.97 Å². The van der Waals surface area contributed by atoms with E-state index in [2.05, 4.69) is 23.7 Å². The van der Waals surface area contributed by atoms with E-state index < -0.39 is 17.3 Å². The highest BCUT2D eigenvalue weighted by Crippen LogP contribution is 2.60. The lowest BCUT2D eigenvalue weighted by atomic mass is 9.54. The summed E-state index contributed by atoms with van der Waals surface area (Å²) in [6, 6.07) is 6.56. The maximum atomic E-state index is 14.4. The molecule has 1 amide bonds. The number of benzene rings is 1. The molecule has 1 aliphatic carbocycles. The van der Waals surface area contributed by atoms with Crippen molar-refractivity contribution in [1.82, 2.24) is 19.9 Å². The number of halogens is 2. The third-order valence-corrected chi connectivity index (χ3v) is 9.42. The molecule has 6 rings (SSSR count). The summed E-state index contributed by atoms with van der Waals surface area (Å²) in [4.78, 5) is 45.9. The van der Waals surface area contributed by atoms with Crippen LogP contribution in [-0.2, 0) is 5.41 Å². The van der Waals surface area contributed by atoms with Gasteiger partial charge in [0.25, 0.3) is 5.91 Å². The molecule has 1 spiro atoms. The number of piperazine rings is 1. The Morgan fingerprint density at radius 3 is 2.35 bits per heavy atom. The maximum absolute atomic E-state index is 14.4. The molecule has 43 heavy (non-hydrogen) atoms. The first kappa shape index (κ1) is 29.3. The van der Waals surface area contributed by atoms with Crippen LogP contribution >= 0.6 is 11.6 Å². The molecule has 3 aliphatic rings. The van der Waals surface area contributed by atoms with Crippen molar-refractivity contribution in [3.63, 3.8) is 0 Å². The van der Waals surface area contributed by atoms with Crippen LogP contribution in [0.2, 0.25) is 5.02 Å². The Balaban J connectivity index is 1.28. The molecule has 1 aromatic carbocycles. The fourth-order valence-corrected chi connectivity index (χ4v) is 7.70. The number of nitrogens with zero attached hydrogens (tertiary/aromatic N) is 6. The quantitative estimate of drug-likeness (QED) is 0.390. The second-order valence-corrected chi connectivity index (χ2v) is 14.1. The number of pyridine rings is 1. The standard InChI is InChI=1S/C32H36ClFN6O3/c1-18-11-24(36-19(2)25(18)29(42)43)38-9-10-40(31(5,6)16-38)28(41)23-13-35-27-26(37-23)32(14-30(3,4)15-32)17-39(27)20-7-8-21(33)22(34)12-20/h7-8,11-13H,9-10,14-17H2,1-6H3,(H,42,43). The highest BCUT2D eigenvalue weighted by molar-refractivity contribution is 6.30. The predicted octanol–water partition coefficient (Wildman–Crippen LogP) is 5.93. The number of carbonyl (C=O) groups is 2. The third kappa shape index (κ3) is 4.89. The lowest BCUT2D eigenvalue weighted by Crippen LogP contribution is -2.61. The fraction of sp³-hybridized carbons (Fsp3) is 0.469. The molecule has 1 N–H and O–H groups in total. The molecule has 4 heterocycles. The van der Waals surface area contributed by atoms with Gasteiger partial charge in [0.2, 0.25) is 0 Å². The minimum atomic E-state index is -0.990. The van der Waals surface area contributed by atoms with Crippen molar-refractivity contribution in [3.05, 3.63) is 69.5 Å². The Morgan fingerprint density at radius 1 is 1.02 bits per heavy atom. The Bertz CT molecular complexity index is 1640. The van der Waals surface area contributed by atoms with Gasteiger partial charge in [-0.1, -0.05) is 25.4 Å². The number of hydrogen-bond donors (Lipinski definition) is 1. The SMILES string of the molecule is Cc1cc(N2CCN(C(=O)c3cnc4c(n3)C3(CN4c4ccc(Cl)c(F)c4)CC(C)(C)C3)C(C)(C)C2)nc(C)c1C(=O)O. The van der Waals surface area contributed by atoms with Gasteiger partial charge in [-0.05, 0) is 75.8 Å². The lowest BCUT2D eigenvalue weighted by Gasteiger charge is -2.51. The van der Waals surface area contributed by atoms with Crippen LogP contribution in [0.5, 0.6) is 0 Å². The van der Waals surface area contributed by atoms with E-state index in [9.17, 15) is 19.1 Å². The van der Waals surface area contributed by atoms with Gasteiger partial charge in [0.15, 0.2) is 5.82 Å². The average Bonchev–Trinajstić information content (AvgIpc) is 3.21. The second kappa shape index (κ2) is 9.87. The first-order chi connectivity index (χ1) is 20.1. The van der Waals surface area contributed by atoms with Gasteiger partial charge in [0, 0.05) is 37.3 Å². The first-order valence-corrected chi connectivity index (χ1v) is 14.9. The van der Waals surface area contributed by atoms with E-state index in [1.807, 2.05) is 23.6 Å². The van der Waals surface area contributed by atoms with Crippen molar-refractivity contribution in [2.75, 3.05) is 36.0 Å². The van der Waals surface area contributed by atoms with Gasteiger partial charge in [-0.2, -0.15) is 0 Å². The summed E-state index contributed by atoms with van der Waals surface area (Å²) in [5.41, 5.74) is 2.39. The van der Waals surface area contributed by atoms with Crippen LogP contribution in [0, 0.1) is 25.1 Å². The monoisotopic (exact) mass is 606 g/mol. The molecule has 1 saturated heterocycles. The Labute approximate surface area is 255 Å². The van der Waals surface area contributed by atoms with Gasteiger partial charge in [-0.3, -0.25) is 4.79 Å². The molecule has 3 aromatic rings. The minimum Gasteiger partial charge on any atom is -0.478 e. The van der Waals surface area contributed by atoms with Crippen LogP contribution in [0.15, 0.2) is 30.5 Å². The van der Waals surface area contributed by atoms with E-state index in [1.54, 1.807) is 32.0 Å². The number of aromatic carboxylic acids is 1. The topological polar surface area (TPSA) is 103 Å². The van der Waals surface area contributed by atoms with Gasteiger partial charge in [0.1, 0.15) is 17.3 Å². The zero-order valence-corrected chi connectivity index (χ0v) is 26.1. The zero-order valence-electron chi connectivity index (χ0n) is 25.3. The van der Waals surface area contributed by atoms with Crippen molar-refractivity contribution >= 4 is 40.8 Å². The highest BCUT2D eigenvalue weighted by atomic mass is 35.5. The van der Waals surface area contributed by atoms with Gasteiger partial charge in [-0.25, -0.2) is 24.1 Å². The van der Waals surface area contributed by atoms with E-state index in [-0.39, 0.29) is 27.3 Å². The average molecular weight is 607 g/mol. The molecule has 11 heteroatoms. The van der Waals surface area contributed by atoms with Crippen molar-refractivity contribution in [1.29, 1.82) is 0 Å². The number of carbonyl (C=O) groups excluding carboxylic acids is 1. The minimum absolute atomic E-state index is 0.0655. The molecule has 0 bridgehead atoms. The van der Waals surface area contributed by atoms with Crippen molar-refractivity contribution in [2.24, 2.45) is 5.41 Å². The maximum Gasteiger partial charge on any atom is 0.337 e. The molecule has 1 saturated carbocycles. The van der Waals surface area contributed by atoms with Crippen LogP contribution in [0.3, 0.4) is 0 Å². The predicted molar refractivity (Wildman–Crippen MR) is 163 cm³/mol. The van der Waals surface area contributed by atoms with Crippen molar-refractivity contribution in [2.45, 2.75) is 65.3 Å². The highest BCUT2D eigenvalue weighted by Gasteiger charge is 2.57. The molecular weight excluding hydrogens is 571 g/mol. The molecule has 0 atom stereocenters. The number of aromatic nitrogens is 3. The smallest absolute Gasteiger partial charge is 0.337 e. The van der Waals surface area contributed by atoms with Gasteiger partial charge < -0.3 is 19.8 Å². The molecule has 2 aliphatic heterocycles. The van der Waals surface area contributed by atoms with Gasteiger partial charge in [-0.15, -0.1) is 0 Å².